The molecule has 208 valence electrons. The maximum absolute atomic E-state index is 14.9. The van der Waals surface area contributed by atoms with Crippen LogP contribution in [0.2, 0.25) is 0 Å². The highest BCUT2D eigenvalue weighted by atomic mass is 19.1. The lowest BCUT2D eigenvalue weighted by Crippen LogP contribution is -2.44. The fourth-order valence-corrected chi connectivity index (χ4v) is 5.09. The van der Waals surface area contributed by atoms with Crippen LogP contribution in [-0.4, -0.2) is 62.4 Å². The molecule has 0 radical (unpaired) electrons. The number of nitrogens with zero attached hydrogens (tertiary/aromatic N) is 6. The van der Waals surface area contributed by atoms with Crippen molar-refractivity contribution in [3.05, 3.63) is 106 Å². The van der Waals surface area contributed by atoms with Crippen LogP contribution in [0.5, 0.6) is 0 Å². The van der Waals surface area contributed by atoms with Crippen LogP contribution in [-0.2, 0) is 6.54 Å². The first-order valence-corrected chi connectivity index (χ1v) is 13.3. The number of likely N-dealkylation sites (N-methyl/N-ethyl adjacent to an activating group) is 1. The third-order valence-electron chi connectivity index (χ3n) is 7.23. The molecule has 0 atom stereocenters. The SMILES string of the molecule is C=CCn1c(=O)c2cnc(Nc3ccc(N4CCN(C)CC4)cc3)nc2n1-c1cc(F)cc(-c2ccc[nH]c2=O)c1. The molecule has 0 unspecified atom stereocenters. The predicted octanol–water partition coefficient (Wildman–Crippen LogP) is 3.76. The lowest BCUT2D eigenvalue weighted by molar-refractivity contribution is 0.313. The molecule has 3 aromatic heterocycles. The zero-order chi connectivity index (χ0) is 28.5. The van der Waals surface area contributed by atoms with Gasteiger partial charge in [0, 0.05) is 55.5 Å². The van der Waals surface area contributed by atoms with Crippen LogP contribution in [0.1, 0.15) is 0 Å². The Labute approximate surface area is 235 Å². The molecular formula is C30H29FN8O2. The van der Waals surface area contributed by atoms with Crippen molar-refractivity contribution in [1.82, 2.24) is 29.2 Å². The van der Waals surface area contributed by atoms with Crippen molar-refractivity contribution in [3.8, 4) is 16.8 Å². The standard InChI is InChI=1S/C30H29FN8O2/c1-3-11-38-29(41)26-19-33-30(34-22-6-8-23(9-7-22)37-14-12-36(2)13-15-37)35-27(26)39(38)24-17-20(16-21(31)18-24)25-5-4-10-32-28(25)40/h3-10,16-19H,1,11-15H2,2H3,(H,32,40)(H,33,34,35). The molecule has 2 aromatic carbocycles. The van der Waals surface area contributed by atoms with Gasteiger partial charge in [-0.3, -0.25) is 9.59 Å². The minimum Gasteiger partial charge on any atom is -0.369 e. The van der Waals surface area contributed by atoms with E-state index >= 15 is 0 Å². The van der Waals surface area contributed by atoms with E-state index in [2.05, 4.69) is 55.8 Å². The molecule has 0 spiro atoms. The molecule has 2 N–H and O–H groups in total. The van der Waals surface area contributed by atoms with E-state index in [1.165, 1.54) is 33.9 Å². The number of nitrogens with one attached hydrogen (secondary N) is 2. The Kier molecular flexibility index (Phi) is 6.94. The van der Waals surface area contributed by atoms with E-state index in [9.17, 15) is 14.0 Å². The van der Waals surface area contributed by atoms with Gasteiger partial charge in [-0.1, -0.05) is 6.08 Å². The van der Waals surface area contributed by atoms with Gasteiger partial charge < -0.3 is 20.1 Å². The van der Waals surface area contributed by atoms with E-state index in [1.54, 1.807) is 24.3 Å². The number of pyridine rings is 1. The summed E-state index contributed by atoms with van der Waals surface area (Å²) >= 11 is 0. The Bertz CT molecular complexity index is 1850. The molecule has 0 bridgehead atoms. The first-order chi connectivity index (χ1) is 19.9. The number of anilines is 3. The third-order valence-corrected chi connectivity index (χ3v) is 7.23. The number of fused-ring (bicyclic) bond motifs is 1. The van der Waals surface area contributed by atoms with E-state index in [0.29, 0.717) is 22.5 Å². The van der Waals surface area contributed by atoms with Gasteiger partial charge >= 0.3 is 0 Å². The van der Waals surface area contributed by atoms with Crippen LogP contribution in [0.3, 0.4) is 0 Å². The molecule has 1 saturated heterocycles. The molecule has 0 amide bonds. The number of rotatable bonds is 7. The Balaban J connectivity index is 1.39. The molecule has 1 aliphatic rings. The van der Waals surface area contributed by atoms with Crippen LogP contribution < -0.4 is 21.3 Å². The summed E-state index contributed by atoms with van der Waals surface area (Å²) in [4.78, 5) is 42.1. The molecule has 10 nitrogen and oxygen atoms in total. The summed E-state index contributed by atoms with van der Waals surface area (Å²) in [6.07, 6.45) is 4.55. The second kappa shape index (κ2) is 10.9. The van der Waals surface area contributed by atoms with Gasteiger partial charge in [0.15, 0.2) is 5.65 Å². The van der Waals surface area contributed by atoms with Crippen molar-refractivity contribution in [3.63, 3.8) is 0 Å². The van der Waals surface area contributed by atoms with Gasteiger partial charge in [-0.05, 0) is 67.2 Å². The highest BCUT2D eigenvalue weighted by Crippen LogP contribution is 2.25. The summed E-state index contributed by atoms with van der Waals surface area (Å²) < 4.78 is 17.9. The molecule has 0 saturated carbocycles. The van der Waals surface area contributed by atoms with Crippen molar-refractivity contribution in [1.29, 1.82) is 0 Å². The lowest BCUT2D eigenvalue weighted by Gasteiger charge is -2.34. The van der Waals surface area contributed by atoms with Crippen LogP contribution in [0.25, 0.3) is 27.8 Å². The van der Waals surface area contributed by atoms with Crippen molar-refractivity contribution < 1.29 is 4.39 Å². The molecule has 4 heterocycles. The summed E-state index contributed by atoms with van der Waals surface area (Å²) in [6, 6.07) is 15.6. The zero-order valence-corrected chi connectivity index (χ0v) is 22.5. The Morgan fingerprint density at radius 3 is 2.56 bits per heavy atom. The van der Waals surface area contributed by atoms with E-state index in [0.717, 1.165) is 37.6 Å². The fourth-order valence-electron chi connectivity index (χ4n) is 5.09. The van der Waals surface area contributed by atoms with Gasteiger partial charge in [0.25, 0.3) is 11.1 Å². The topological polar surface area (TPSA) is 104 Å². The Hall–Kier alpha value is -5.03. The summed E-state index contributed by atoms with van der Waals surface area (Å²) in [5.41, 5.74) is 2.55. The summed E-state index contributed by atoms with van der Waals surface area (Å²) in [7, 11) is 2.13. The largest absolute Gasteiger partial charge is 0.369 e. The second-order valence-corrected chi connectivity index (χ2v) is 9.99. The second-order valence-electron chi connectivity index (χ2n) is 9.99. The highest BCUT2D eigenvalue weighted by Gasteiger charge is 2.19. The maximum atomic E-state index is 14.9. The van der Waals surface area contributed by atoms with Crippen LogP contribution >= 0.6 is 0 Å². The summed E-state index contributed by atoms with van der Waals surface area (Å²) in [5.74, 6) is -0.279. The maximum Gasteiger partial charge on any atom is 0.278 e. The lowest BCUT2D eigenvalue weighted by atomic mass is 10.1. The highest BCUT2D eigenvalue weighted by molar-refractivity contribution is 5.78. The van der Waals surface area contributed by atoms with E-state index in [4.69, 9.17) is 0 Å². The van der Waals surface area contributed by atoms with Gasteiger partial charge in [-0.15, -0.1) is 6.58 Å². The molecule has 5 aromatic rings. The van der Waals surface area contributed by atoms with Gasteiger partial charge in [0.1, 0.15) is 11.2 Å². The minimum atomic E-state index is -0.562. The fraction of sp³-hybridized carbons (Fsp3) is 0.200. The quantitative estimate of drug-likeness (QED) is 0.296. The normalized spacial score (nSPS) is 14.0. The average molecular weight is 553 g/mol. The Morgan fingerprint density at radius 2 is 1.83 bits per heavy atom. The number of hydrogen-bond acceptors (Lipinski definition) is 7. The first kappa shape index (κ1) is 26.2. The molecular weight excluding hydrogens is 523 g/mol. The molecule has 0 aliphatic carbocycles. The Morgan fingerprint density at radius 1 is 1.05 bits per heavy atom. The van der Waals surface area contributed by atoms with Gasteiger partial charge in [-0.25, -0.2) is 18.7 Å². The van der Waals surface area contributed by atoms with Crippen LogP contribution in [0, 0.1) is 5.82 Å². The average Bonchev–Trinajstić information content (AvgIpc) is 3.24. The van der Waals surface area contributed by atoms with Crippen LogP contribution in [0.4, 0.5) is 21.7 Å². The number of halogens is 1. The van der Waals surface area contributed by atoms with Crippen molar-refractivity contribution >= 4 is 28.4 Å². The number of aromatic amines is 1. The van der Waals surface area contributed by atoms with Gasteiger partial charge in [0.05, 0.1) is 12.2 Å². The van der Waals surface area contributed by atoms with E-state index in [-0.39, 0.29) is 29.0 Å². The molecule has 1 aliphatic heterocycles. The molecule has 41 heavy (non-hydrogen) atoms. The molecule has 11 heteroatoms. The summed E-state index contributed by atoms with van der Waals surface area (Å²) in [6.45, 7) is 7.92. The number of H-pyrrole nitrogens is 1. The van der Waals surface area contributed by atoms with Crippen molar-refractivity contribution in [2.24, 2.45) is 0 Å². The first-order valence-electron chi connectivity index (χ1n) is 13.3. The van der Waals surface area contributed by atoms with E-state index in [1.807, 2.05) is 12.1 Å². The number of allylic oxidation sites excluding steroid dienone is 1. The number of aromatic nitrogens is 5. The zero-order valence-electron chi connectivity index (χ0n) is 22.5. The monoisotopic (exact) mass is 552 g/mol. The van der Waals surface area contributed by atoms with Crippen molar-refractivity contribution in [2.75, 3.05) is 43.4 Å². The minimum absolute atomic E-state index is 0.156. The smallest absolute Gasteiger partial charge is 0.278 e. The van der Waals surface area contributed by atoms with Gasteiger partial charge in [-0.2, -0.15) is 4.98 Å². The number of piperazine rings is 1. The summed E-state index contributed by atoms with van der Waals surface area (Å²) in [5, 5.41) is 3.49. The molecule has 1 fully saturated rings. The number of hydrogen-bond donors (Lipinski definition) is 2. The predicted molar refractivity (Wildman–Crippen MR) is 159 cm³/mol. The van der Waals surface area contributed by atoms with Crippen molar-refractivity contribution in [2.45, 2.75) is 6.54 Å². The van der Waals surface area contributed by atoms with E-state index < -0.39 is 5.82 Å². The van der Waals surface area contributed by atoms with Crippen LogP contribution in [0.15, 0.2) is 89.2 Å². The number of benzene rings is 2. The van der Waals surface area contributed by atoms with Gasteiger partial charge in [0.2, 0.25) is 5.95 Å². The molecule has 6 rings (SSSR count). The third kappa shape index (κ3) is 5.14.